The lowest BCUT2D eigenvalue weighted by Crippen LogP contribution is -2.26. The van der Waals surface area contributed by atoms with Crippen molar-refractivity contribution < 1.29 is 4.79 Å². The Labute approximate surface area is 100.0 Å². The van der Waals surface area contributed by atoms with E-state index < -0.39 is 0 Å². The van der Waals surface area contributed by atoms with Crippen LogP contribution in [0.1, 0.15) is 59.3 Å². The molecule has 2 nitrogen and oxygen atoms in total. The molecule has 0 aromatic carbocycles. The number of rotatable bonds is 4. The van der Waals surface area contributed by atoms with E-state index in [-0.39, 0.29) is 5.41 Å². The topological polar surface area (TPSA) is 43.1 Å². The van der Waals surface area contributed by atoms with Crippen LogP contribution in [0.3, 0.4) is 0 Å². The fourth-order valence-electron chi connectivity index (χ4n) is 2.42. The van der Waals surface area contributed by atoms with Gasteiger partial charge in [-0.05, 0) is 50.0 Å². The summed E-state index contributed by atoms with van der Waals surface area (Å²) in [5, 5.41) is 0. The second kappa shape index (κ2) is 5.81. The highest BCUT2D eigenvalue weighted by Gasteiger charge is 2.26. The molecular weight excluding hydrogens is 198 g/mol. The van der Waals surface area contributed by atoms with Gasteiger partial charge in [-0.15, -0.1) is 0 Å². The van der Waals surface area contributed by atoms with Gasteiger partial charge in [-0.25, -0.2) is 0 Å². The Morgan fingerprint density at radius 2 is 1.75 bits per heavy atom. The molecule has 0 heterocycles. The molecule has 0 radical (unpaired) electrons. The summed E-state index contributed by atoms with van der Waals surface area (Å²) < 4.78 is 0. The summed E-state index contributed by atoms with van der Waals surface area (Å²) in [6.07, 6.45) is 6.24. The minimum absolute atomic E-state index is 0.282. The van der Waals surface area contributed by atoms with E-state index in [0.717, 1.165) is 45.1 Å². The first kappa shape index (κ1) is 13.7. The molecule has 0 saturated heterocycles. The molecule has 1 aliphatic carbocycles. The Morgan fingerprint density at radius 1 is 1.19 bits per heavy atom. The van der Waals surface area contributed by atoms with Crippen molar-refractivity contribution in [2.45, 2.75) is 59.3 Å². The molecule has 0 aromatic heterocycles. The number of hydrogen-bond acceptors (Lipinski definition) is 2. The molecule has 1 rings (SSSR count). The highest BCUT2D eigenvalue weighted by Crippen LogP contribution is 2.31. The number of nitrogens with two attached hydrogens (primary N) is 1. The molecule has 16 heavy (non-hydrogen) atoms. The van der Waals surface area contributed by atoms with Crippen LogP contribution >= 0.6 is 0 Å². The molecule has 1 fully saturated rings. The normalized spacial score (nSPS) is 26.8. The zero-order valence-electron chi connectivity index (χ0n) is 11.1. The van der Waals surface area contributed by atoms with E-state index in [1.807, 2.05) is 0 Å². The molecule has 2 N–H and O–H groups in total. The molecule has 0 amide bonds. The fourth-order valence-corrected chi connectivity index (χ4v) is 2.42. The van der Waals surface area contributed by atoms with Crippen LogP contribution in [0.15, 0.2) is 0 Å². The molecule has 0 aromatic rings. The zero-order chi connectivity index (χ0) is 12.2. The number of ketones is 1. The summed E-state index contributed by atoms with van der Waals surface area (Å²) in [7, 11) is 0. The minimum atomic E-state index is 0.282. The van der Waals surface area contributed by atoms with E-state index in [1.54, 1.807) is 0 Å². The largest absolute Gasteiger partial charge is 0.330 e. The van der Waals surface area contributed by atoms with E-state index in [0.29, 0.717) is 17.6 Å². The summed E-state index contributed by atoms with van der Waals surface area (Å²) >= 11 is 0. The lowest BCUT2D eigenvalue weighted by Gasteiger charge is -2.27. The monoisotopic (exact) mass is 225 g/mol. The third kappa shape index (κ3) is 4.65. The summed E-state index contributed by atoms with van der Waals surface area (Å²) in [6, 6.07) is 0. The van der Waals surface area contributed by atoms with Crippen molar-refractivity contribution in [2.24, 2.45) is 23.0 Å². The molecule has 0 atom stereocenters. The molecule has 2 heteroatoms. The quantitative estimate of drug-likeness (QED) is 0.798. The summed E-state index contributed by atoms with van der Waals surface area (Å²) in [4.78, 5) is 12.0. The van der Waals surface area contributed by atoms with Crippen LogP contribution < -0.4 is 5.73 Å². The van der Waals surface area contributed by atoms with Gasteiger partial charge in [0.25, 0.3) is 0 Å². The Morgan fingerprint density at radius 3 is 2.19 bits per heavy atom. The molecule has 0 aliphatic heterocycles. The summed E-state index contributed by atoms with van der Waals surface area (Å²) in [6.45, 7) is 7.39. The van der Waals surface area contributed by atoms with Gasteiger partial charge in [-0.2, -0.15) is 0 Å². The Kier molecular flexibility index (Phi) is 4.97. The van der Waals surface area contributed by atoms with Crippen LogP contribution in [0.5, 0.6) is 0 Å². The van der Waals surface area contributed by atoms with Gasteiger partial charge in [-0.3, -0.25) is 4.79 Å². The molecule has 0 spiro atoms. The van der Waals surface area contributed by atoms with Crippen molar-refractivity contribution in [3.63, 3.8) is 0 Å². The molecule has 94 valence electrons. The number of carbonyl (C=O) groups excluding carboxylic acids is 1. The third-order valence-corrected chi connectivity index (χ3v) is 3.76. The van der Waals surface area contributed by atoms with Crippen LogP contribution in [0.2, 0.25) is 0 Å². The van der Waals surface area contributed by atoms with E-state index >= 15 is 0 Å². The van der Waals surface area contributed by atoms with Crippen LogP contribution in [0.4, 0.5) is 0 Å². The Balaban J connectivity index is 2.28. The van der Waals surface area contributed by atoms with Crippen LogP contribution in [0, 0.1) is 17.3 Å². The standard InChI is InChI=1S/C14H27NO/c1-14(2,3)9-8-13(16)12-6-4-11(10-15)5-7-12/h11-12H,4-10,15H2,1-3H3. The van der Waals surface area contributed by atoms with Gasteiger partial charge in [-0.1, -0.05) is 20.8 Å². The van der Waals surface area contributed by atoms with Crippen molar-refractivity contribution in [1.29, 1.82) is 0 Å². The third-order valence-electron chi connectivity index (χ3n) is 3.76. The smallest absolute Gasteiger partial charge is 0.135 e. The Bertz CT molecular complexity index is 221. The van der Waals surface area contributed by atoms with Gasteiger partial charge in [0.05, 0.1) is 0 Å². The van der Waals surface area contributed by atoms with E-state index in [1.165, 1.54) is 0 Å². The fraction of sp³-hybridized carbons (Fsp3) is 0.929. The van der Waals surface area contributed by atoms with E-state index in [2.05, 4.69) is 20.8 Å². The van der Waals surface area contributed by atoms with Gasteiger partial charge in [0.2, 0.25) is 0 Å². The van der Waals surface area contributed by atoms with Crippen molar-refractivity contribution in [3.8, 4) is 0 Å². The molecular formula is C14H27NO. The first-order valence-corrected chi connectivity index (χ1v) is 6.65. The first-order chi connectivity index (χ1) is 7.42. The number of carbonyl (C=O) groups is 1. The van der Waals surface area contributed by atoms with E-state index in [4.69, 9.17) is 5.73 Å². The van der Waals surface area contributed by atoms with Crippen molar-refractivity contribution >= 4 is 5.78 Å². The SMILES string of the molecule is CC(C)(C)CCC(=O)C1CCC(CN)CC1. The predicted octanol–water partition coefficient (Wildman–Crippen LogP) is 3.15. The van der Waals surface area contributed by atoms with Gasteiger partial charge < -0.3 is 5.73 Å². The summed E-state index contributed by atoms with van der Waals surface area (Å²) in [5.74, 6) is 1.50. The number of hydrogen-bond donors (Lipinski definition) is 1. The van der Waals surface area contributed by atoms with Crippen LogP contribution in [-0.4, -0.2) is 12.3 Å². The number of Topliss-reactive ketones (excluding diaryl/α,β-unsaturated/α-hetero) is 1. The molecule has 0 bridgehead atoms. The van der Waals surface area contributed by atoms with Gasteiger partial charge in [0, 0.05) is 12.3 Å². The average molecular weight is 225 g/mol. The second-order valence-electron chi connectivity index (χ2n) is 6.48. The lowest BCUT2D eigenvalue weighted by molar-refractivity contribution is -0.124. The Hall–Kier alpha value is -0.370. The lowest BCUT2D eigenvalue weighted by atomic mass is 9.78. The minimum Gasteiger partial charge on any atom is -0.330 e. The van der Waals surface area contributed by atoms with Crippen LogP contribution in [0.25, 0.3) is 0 Å². The second-order valence-corrected chi connectivity index (χ2v) is 6.48. The van der Waals surface area contributed by atoms with Gasteiger partial charge >= 0.3 is 0 Å². The van der Waals surface area contributed by atoms with Crippen LogP contribution in [-0.2, 0) is 4.79 Å². The van der Waals surface area contributed by atoms with Gasteiger partial charge in [0.15, 0.2) is 0 Å². The van der Waals surface area contributed by atoms with Crippen molar-refractivity contribution in [3.05, 3.63) is 0 Å². The highest BCUT2D eigenvalue weighted by atomic mass is 16.1. The van der Waals surface area contributed by atoms with Gasteiger partial charge in [0.1, 0.15) is 5.78 Å². The maximum atomic E-state index is 12.0. The molecule has 1 aliphatic rings. The predicted molar refractivity (Wildman–Crippen MR) is 68.2 cm³/mol. The maximum Gasteiger partial charge on any atom is 0.135 e. The molecule has 0 unspecified atom stereocenters. The first-order valence-electron chi connectivity index (χ1n) is 6.65. The summed E-state index contributed by atoms with van der Waals surface area (Å²) in [5.41, 5.74) is 5.94. The molecule has 1 saturated carbocycles. The van der Waals surface area contributed by atoms with Crippen molar-refractivity contribution in [1.82, 2.24) is 0 Å². The van der Waals surface area contributed by atoms with Crippen molar-refractivity contribution in [2.75, 3.05) is 6.54 Å². The average Bonchev–Trinajstić information content (AvgIpc) is 2.25. The highest BCUT2D eigenvalue weighted by molar-refractivity contribution is 5.81. The van der Waals surface area contributed by atoms with E-state index in [9.17, 15) is 4.79 Å². The zero-order valence-corrected chi connectivity index (χ0v) is 11.1. The maximum absolute atomic E-state index is 12.0.